The minimum atomic E-state index is -0.526. The van der Waals surface area contributed by atoms with Gasteiger partial charge in [-0.25, -0.2) is 14.5 Å². The van der Waals surface area contributed by atoms with Gasteiger partial charge in [-0.2, -0.15) is 4.98 Å². The van der Waals surface area contributed by atoms with Crippen molar-refractivity contribution in [3.05, 3.63) is 58.8 Å². The lowest BCUT2D eigenvalue weighted by molar-refractivity contribution is -0.396. The molecule has 6 rings (SSSR count). The largest absolute Gasteiger partial charge is 0.484 e. The van der Waals surface area contributed by atoms with Crippen LogP contribution in [0.15, 0.2) is 43.0 Å². The average molecular weight is 562 g/mol. The molecule has 14 heteroatoms. The summed E-state index contributed by atoms with van der Waals surface area (Å²) in [6, 6.07) is 5.90. The number of anilines is 2. The number of nitrogens with one attached hydrogen (secondary N) is 1. The Morgan fingerprint density at radius 3 is 2.59 bits per heavy atom. The van der Waals surface area contributed by atoms with Crippen molar-refractivity contribution in [2.24, 2.45) is 7.05 Å². The molecule has 0 unspecified atom stereocenters. The molecule has 0 radical (unpaired) electrons. The lowest BCUT2D eigenvalue weighted by Gasteiger charge is -2.31. The predicted octanol–water partition coefficient (Wildman–Crippen LogP) is 3.28. The van der Waals surface area contributed by atoms with E-state index in [2.05, 4.69) is 30.2 Å². The van der Waals surface area contributed by atoms with Gasteiger partial charge in [-0.15, -0.1) is 0 Å². The van der Waals surface area contributed by atoms with Crippen LogP contribution in [-0.4, -0.2) is 72.9 Å². The summed E-state index contributed by atoms with van der Waals surface area (Å²) in [5.41, 5.74) is 1.32. The number of imidazole rings is 1. The van der Waals surface area contributed by atoms with E-state index in [1.54, 1.807) is 31.7 Å². The highest BCUT2D eigenvalue weighted by molar-refractivity contribution is 5.87. The maximum Gasteiger partial charge on any atom is 0.434 e. The molecule has 214 valence electrons. The molecule has 1 saturated heterocycles. The molecule has 5 heterocycles. The van der Waals surface area contributed by atoms with E-state index >= 15 is 0 Å². The zero-order valence-electron chi connectivity index (χ0n) is 22.7. The first kappa shape index (κ1) is 26.6. The van der Waals surface area contributed by atoms with Gasteiger partial charge in [-0.05, 0) is 42.7 Å². The summed E-state index contributed by atoms with van der Waals surface area (Å²) < 4.78 is 19.4. The minimum absolute atomic E-state index is 0.0000488. The molecule has 4 aromatic heterocycles. The second-order valence-electron chi connectivity index (χ2n) is 10.1. The van der Waals surface area contributed by atoms with E-state index in [1.165, 1.54) is 10.8 Å². The Kier molecular flexibility index (Phi) is 7.71. The second-order valence-corrected chi connectivity index (χ2v) is 10.1. The lowest BCUT2D eigenvalue weighted by atomic mass is 9.93. The summed E-state index contributed by atoms with van der Waals surface area (Å²) in [7, 11) is 1.59. The quantitative estimate of drug-likeness (QED) is 0.235. The Balaban J connectivity index is 1.21. The minimum Gasteiger partial charge on any atom is -0.484 e. The van der Waals surface area contributed by atoms with Crippen LogP contribution in [0.1, 0.15) is 31.4 Å². The monoisotopic (exact) mass is 561 g/mol. The summed E-state index contributed by atoms with van der Waals surface area (Å²) in [4.78, 5) is 34.8. The first-order chi connectivity index (χ1) is 20.0. The fourth-order valence-electron chi connectivity index (χ4n) is 5.12. The van der Waals surface area contributed by atoms with E-state index in [0.717, 1.165) is 55.5 Å². The third-order valence-corrected chi connectivity index (χ3v) is 7.40. The number of aromatic nitrogens is 6. The van der Waals surface area contributed by atoms with E-state index in [4.69, 9.17) is 19.2 Å². The topological polar surface area (TPSA) is 155 Å². The Bertz CT molecular complexity index is 1500. The number of pyridine rings is 2. The van der Waals surface area contributed by atoms with E-state index in [-0.39, 0.29) is 24.7 Å². The highest BCUT2D eigenvalue weighted by Gasteiger charge is 2.25. The molecule has 1 N–H and O–H groups in total. The van der Waals surface area contributed by atoms with Gasteiger partial charge in [0.25, 0.3) is 0 Å². The van der Waals surface area contributed by atoms with Crippen LogP contribution in [0.2, 0.25) is 0 Å². The third kappa shape index (κ3) is 6.11. The molecule has 1 saturated carbocycles. The standard InChI is InChI=1S/C27H31N9O5/c1-34-19(15-31-27(34)36(37)38)17-40-21-13-22-23(30-16-21)14-24(35-9-11-39-12-10-35)33-25(22)41-20-5-3-18(4-6-20)32-26-28-7-2-8-29-26/h2,7-8,13-16,18,20H,3-6,9-12,17H2,1H3,(H,28,29,32)/t18-,20+. The van der Waals surface area contributed by atoms with Crippen LogP contribution in [0, 0.1) is 10.1 Å². The van der Waals surface area contributed by atoms with Crippen molar-refractivity contribution in [3.8, 4) is 11.6 Å². The molecule has 1 aliphatic carbocycles. The van der Waals surface area contributed by atoms with E-state index in [9.17, 15) is 10.1 Å². The first-order valence-electron chi connectivity index (χ1n) is 13.6. The van der Waals surface area contributed by atoms with Gasteiger partial charge in [0.05, 0.1) is 37.4 Å². The normalized spacial score (nSPS) is 19.2. The molecular formula is C27H31N9O5. The van der Waals surface area contributed by atoms with Crippen LogP contribution in [0.3, 0.4) is 0 Å². The Labute approximate surface area is 235 Å². The Hall–Kier alpha value is -4.59. The summed E-state index contributed by atoms with van der Waals surface area (Å²) in [5, 5.41) is 15.3. The van der Waals surface area contributed by atoms with Crippen molar-refractivity contribution >= 4 is 28.6 Å². The molecule has 4 aromatic rings. The molecule has 0 spiro atoms. The summed E-state index contributed by atoms with van der Waals surface area (Å²) in [6.07, 6.45) is 10.1. The van der Waals surface area contributed by atoms with E-state index in [1.807, 2.05) is 12.1 Å². The molecular weight excluding hydrogens is 530 g/mol. The highest BCUT2D eigenvalue weighted by Crippen LogP contribution is 2.33. The maximum absolute atomic E-state index is 11.1. The molecule has 0 aromatic carbocycles. The molecule has 2 fully saturated rings. The molecule has 0 bridgehead atoms. The number of hydrogen-bond acceptors (Lipinski definition) is 12. The van der Waals surface area contributed by atoms with Crippen LogP contribution in [0.25, 0.3) is 10.9 Å². The SMILES string of the molecule is Cn1c(COc2cnc3cc(N4CCOCC4)nc(O[C@H]4CC[C@@H](Nc5ncccn5)CC4)c3c2)cnc1[N+](=O)[O-]. The second kappa shape index (κ2) is 11.9. The van der Waals surface area contributed by atoms with Crippen molar-refractivity contribution < 1.29 is 19.1 Å². The van der Waals surface area contributed by atoms with Crippen LogP contribution in [-0.2, 0) is 18.4 Å². The Morgan fingerprint density at radius 2 is 1.85 bits per heavy atom. The zero-order chi connectivity index (χ0) is 28.2. The fraction of sp³-hybridized carbons (Fsp3) is 0.444. The van der Waals surface area contributed by atoms with Gasteiger partial charge in [0.1, 0.15) is 30.5 Å². The number of morpholine rings is 1. The van der Waals surface area contributed by atoms with Crippen molar-refractivity contribution in [2.75, 3.05) is 36.5 Å². The molecule has 41 heavy (non-hydrogen) atoms. The van der Waals surface area contributed by atoms with Crippen molar-refractivity contribution in [2.45, 2.75) is 44.4 Å². The number of hydrogen-bond donors (Lipinski definition) is 1. The van der Waals surface area contributed by atoms with E-state index < -0.39 is 4.92 Å². The van der Waals surface area contributed by atoms with Crippen molar-refractivity contribution in [1.82, 2.24) is 29.5 Å². The molecule has 1 aliphatic heterocycles. The number of fused-ring (bicyclic) bond motifs is 1. The van der Waals surface area contributed by atoms with Gasteiger partial charge in [0, 0.05) is 37.6 Å². The van der Waals surface area contributed by atoms with Gasteiger partial charge in [0.15, 0.2) is 5.69 Å². The van der Waals surface area contributed by atoms with Crippen molar-refractivity contribution in [1.29, 1.82) is 0 Å². The van der Waals surface area contributed by atoms with E-state index in [0.29, 0.717) is 36.5 Å². The zero-order valence-corrected chi connectivity index (χ0v) is 22.7. The molecule has 0 amide bonds. The molecule has 2 aliphatic rings. The predicted molar refractivity (Wildman–Crippen MR) is 149 cm³/mol. The average Bonchev–Trinajstić information content (AvgIpc) is 3.38. The Morgan fingerprint density at radius 1 is 1.07 bits per heavy atom. The number of rotatable bonds is 9. The lowest BCUT2D eigenvalue weighted by Crippen LogP contribution is -2.37. The molecule has 0 atom stereocenters. The fourth-order valence-corrected chi connectivity index (χ4v) is 5.12. The van der Waals surface area contributed by atoms with Crippen molar-refractivity contribution in [3.63, 3.8) is 0 Å². The van der Waals surface area contributed by atoms with Gasteiger partial charge < -0.3 is 34.5 Å². The molecule has 14 nitrogen and oxygen atoms in total. The highest BCUT2D eigenvalue weighted by atomic mass is 16.6. The van der Waals surface area contributed by atoms with Crippen LogP contribution < -0.4 is 19.7 Å². The van der Waals surface area contributed by atoms with Crippen LogP contribution in [0.5, 0.6) is 11.6 Å². The van der Waals surface area contributed by atoms with Gasteiger partial charge in [-0.3, -0.25) is 4.98 Å². The number of nitrogens with zero attached hydrogens (tertiary/aromatic N) is 8. The summed E-state index contributed by atoms with van der Waals surface area (Å²) in [6.45, 7) is 2.87. The van der Waals surface area contributed by atoms with Gasteiger partial charge in [-0.1, -0.05) is 4.98 Å². The maximum atomic E-state index is 11.1. The third-order valence-electron chi connectivity index (χ3n) is 7.40. The van der Waals surface area contributed by atoms with Gasteiger partial charge in [0.2, 0.25) is 11.8 Å². The smallest absolute Gasteiger partial charge is 0.434 e. The number of ether oxygens (including phenoxy) is 3. The summed E-state index contributed by atoms with van der Waals surface area (Å²) in [5.74, 6) is 2.22. The summed E-state index contributed by atoms with van der Waals surface area (Å²) >= 11 is 0. The van der Waals surface area contributed by atoms with Gasteiger partial charge >= 0.3 is 5.95 Å². The van der Waals surface area contributed by atoms with Crippen LogP contribution >= 0.6 is 0 Å². The first-order valence-corrected chi connectivity index (χ1v) is 13.6. The van der Waals surface area contributed by atoms with Crippen LogP contribution in [0.4, 0.5) is 17.7 Å². The number of nitro groups is 1.